The molecule has 1 atom stereocenters. The van der Waals surface area contributed by atoms with Crippen molar-refractivity contribution in [1.82, 2.24) is 13.8 Å². The number of aryl methyl sites for hydroxylation is 2. The summed E-state index contributed by atoms with van der Waals surface area (Å²) < 4.78 is 31.9. The van der Waals surface area contributed by atoms with E-state index in [-0.39, 0.29) is 49.3 Å². The molecular weight excluding hydrogens is 370 g/mol. The molecule has 0 radical (unpaired) electrons. The fourth-order valence-corrected chi connectivity index (χ4v) is 4.61. The van der Waals surface area contributed by atoms with Crippen molar-refractivity contribution in [3.8, 4) is 0 Å². The molecule has 3 rings (SSSR count). The number of pyridine rings is 1. The van der Waals surface area contributed by atoms with E-state index < -0.39 is 10.0 Å². The van der Waals surface area contributed by atoms with Gasteiger partial charge >= 0.3 is 0 Å². The summed E-state index contributed by atoms with van der Waals surface area (Å²) in [5.41, 5.74) is 1.34. The van der Waals surface area contributed by atoms with Gasteiger partial charge in [0, 0.05) is 38.5 Å². The zero-order chi connectivity index (χ0) is 19.8. The monoisotopic (exact) mass is 397 g/mol. The van der Waals surface area contributed by atoms with E-state index in [0.717, 1.165) is 18.5 Å². The molecule has 0 N–H and O–H groups in total. The number of aromatic nitrogens is 1. The summed E-state index contributed by atoms with van der Waals surface area (Å²) in [7, 11) is -3.27. The van der Waals surface area contributed by atoms with Crippen LogP contribution in [0.4, 0.5) is 0 Å². The van der Waals surface area contributed by atoms with Gasteiger partial charge in [0.1, 0.15) is 5.56 Å². The maximum absolute atomic E-state index is 13.1. The topological polar surface area (TPSA) is 88.9 Å². The minimum Gasteiger partial charge on any atom is -0.376 e. The molecule has 1 aromatic heterocycles. The third kappa shape index (κ3) is 4.25. The summed E-state index contributed by atoms with van der Waals surface area (Å²) in [6.45, 7) is 5.86. The Morgan fingerprint density at radius 2 is 1.89 bits per heavy atom. The lowest BCUT2D eigenvalue weighted by atomic mass is 10.1. The smallest absolute Gasteiger partial charge is 0.263 e. The molecule has 2 fully saturated rings. The molecule has 0 aromatic carbocycles. The Morgan fingerprint density at radius 1 is 1.22 bits per heavy atom. The first-order chi connectivity index (χ1) is 12.7. The van der Waals surface area contributed by atoms with Crippen molar-refractivity contribution in [3.05, 3.63) is 33.2 Å². The lowest BCUT2D eigenvalue weighted by molar-refractivity contribution is 0.0692. The van der Waals surface area contributed by atoms with Gasteiger partial charge in [0.15, 0.2) is 0 Å². The molecule has 0 saturated carbocycles. The highest BCUT2D eigenvalue weighted by Gasteiger charge is 2.29. The quantitative estimate of drug-likeness (QED) is 0.732. The fraction of sp³-hybridized carbons (Fsp3) is 0.667. The SMILES string of the molecule is Cc1cc(C)n(CC2CCCO2)c(=O)c1C(=O)N1CCN(S(C)(=O)=O)CC1. The first-order valence-corrected chi connectivity index (χ1v) is 11.1. The molecule has 2 saturated heterocycles. The van der Waals surface area contributed by atoms with Crippen molar-refractivity contribution >= 4 is 15.9 Å². The Bertz CT molecular complexity index is 879. The molecule has 27 heavy (non-hydrogen) atoms. The third-order valence-corrected chi connectivity index (χ3v) is 6.63. The van der Waals surface area contributed by atoms with E-state index in [9.17, 15) is 18.0 Å². The van der Waals surface area contributed by atoms with Gasteiger partial charge in [-0.1, -0.05) is 0 Å². The van der Waals surface area contributed by atoms with Gasteiger partial charge in [-0.2, -0.15) is 4.31 Å². The molecule has 2 aliphatic heterocycles. The highest BCUT2D eigenvalue weighted by molar-refractivity contribution is 7.88. The van der Waals surface area contributed by atoms with E-state index in [0.29, 0.717) is 18.7 Å². The first kappa shape index (κ1) is 20.0. The summed E-state index contributed by atoms with van der Waals surface area (Å²) >= 11 is 0. The van der Waals surface area contributed by atoms with Crippen LogP contribution in [0.3, 0.4) is 0 Å². The van der Waals surface area contributed by atoms with Crippen LogP contribution >= 0.6 is 0 Å². The fourth-order valence-electron chi connectivity index (χ4n) is 3.79. The van der Waals surface area contributed by atoms with Crippen LogP contribution in [0.5, 0.6) is 0 Å². The van der Waals surface area contributed by atoms with Crippen LogP contribution in [0.25, 0.3) is 0 Å². The molecule has 3 heterocycles. The number of rotatable bonds is 4. The maximum Gasteiger partial charge on any atom is 0.263 e. The summed E-state index contributed by atoms with van der Waals surface area (Å²) in [6.07, 6.45) is 3.07. The predicted molar refractivity (Wildman–Crippen MR) is 101 cm³/mol. The van der Waals surface area contributed by atoms with Gasteiger partial charge < -0.3 is 14.2 Å². The van der Waals surface area contributed by atoms with Gasteiger partial charge in [0.2, 0.25) is 10.0 Å². The molecule has 2 aliphatic rings. The normalized spacial score (nSPS) is 21.6. The third-order valence-electron chi connectivity index (χ3n) is 5.32. The van der Waals surface area contributed by atoms with Crippen molar-refractivity contribution in [1.29, 1.82) is 0 Å². The lowest BCUT2D eigenvalue weighted by Gasteiger charge is -2.33. The number of piperazine rings is 1. The molecule has 0 aliphatic carbocycles. The molecule has 1 amide bonds. The summed E-state index contributed by atoms with van der Waals surface area (Å²) in [5, 5.41) is 0. The van der Waals surface area contributed by atoms with Gasteiger partial charge in [-0.25, -0.2) is 8.42 Å². The second-order valence-corrected chi connectivity index (χ2v) is 9.33. The van der Waals surface area contributed by atoms with Gasteiger partial charge in [-0.05, 0) is 38.3 Å². The van der Waals surface area contributed by atoms with Crippen LogP contribution in [-0.2, 0) is 21.3 Å². The van der Waals surface area contributed by atoms with E-state index in [1.807, 2.05) is 13.0 Å². The lowest BCUT2D eigenvalue weighted by Crippen LogP contribution is -2.51. The molecule has 1 unspecified atom stereocenters. The van der Waals surface area contributed by atoms with Crippen LogP contribution < -0.4 is 5.56 Å². The van der Waals surface area contributed by atoms with Crippen molar-refractivity contribution < 1.29 is 17.9 Å². The molecule has 9 heteroatoms. The van der Waals surface area contributed by atoms with Crippen LogP contribution in [0.2, 0.25) is 0 Å². The number of sulfonamides is 1. The van der Waals surface area contributed by atoms with E-state index in [2.05, 4.69) is 0 Å². The minimum absolute atomic E-state index is 0.00497. The minimum atomic E-state index is -3.27. The molecule has 0 bridgehead atoms. The van der Waals surface area contributed by atoms with Crippen LogP contribution in [0.15, 0.2) is 10.9 Å². The zero-order valence-corrected chi connectivity index (χ0v) is 16.9. The number of carbonyl (C=O) groups excluding carboxylic acids is 1. The highest BCUT2D eigenvalue weighted by atomic mass is 32.2. The first-order valence-electron chi connectivity index (χ1n) is 9.25. The predicted octanol–water partition coefficient (Wildman–Crippen LogP) is 0.362. The van der Waals surface area contributed by atoms with E-state index >= 15 is 0 Å². The van der Waals surface area contributed by atoms with Gasteiger partial charge in [0.25, 0.3) is 11.5 Å². The van der Waals surface area contributed by atoms with Crippen LogP contribution in [0, 0.1) is 13.8 Å². The average Bonchev–Trinajstić information content (AvgIpc) is 3.11. The molecule has 0 spiro atoms. The Morgan fingerprint density at radius 3 is 2.44 bits per heavy atom. The second-order valence-electron chi connectivity index (χ2n) is 7.35. The largest absolute Gasteiger partial charge is 0.376 e. The van der Waals surface area contributed by atoms with Crippen molar-refractivity contribution in [2.45, 2.75) is 39.3 Å². The van der Waals surface area contributed by atoms with Crippen LogP contribution in [0.1, 0.15) is 34.5 Å². The number of nitrogens with zero attached hydrogens (tertiary/aromatic N) is 3. The molecular formula is C18H27N3O5S. The molecule has 150 valence electrons. The summed E-state index contributed by atoms with van der Waals surface area (Å²) in [6, 6.07) is 1.86. The van der Waals surface area contributed by atoms with Crippen LogP contribution in [-0.4, -0.2) is 73.2 Å². The number of hydrogen-bond donors (Lipinski definition) is 0. The van der Waals surface area contributed by atoms with Crippen molar-refractivity contribution in [2.75, 3.05) is 39.0 Å². The van der Waals surface area contributed by atoms with Crippen molar-refractivity contribution in [2.24, 2.45) is 0 Å². The number of ether oxygens (including phenoxy) is 1. The Hall–Kier alpha value is -1.71. The number of hydrogen-bond acceptors (Lipinski definition) is 5. The summed E-state index contributed by atoms with van der Waals surface area (Å²) in [4.78, 5) is 27.6. The average molecular weight is 397 g/mol. The summed E-state index contributed by atoms with van der Waals surface area (Å²) in [5.74, 6) is -0.327. The van der Waals surface area contributed by atoms with Gasteiger partial charge in [0.05, 0.1) is 18.9 Å². The Balaban J connectivity index is 1.83. The standard InChI is InChI=1S/C18H27N3O5S/c1-13-11-14(2)21(12-15-5-4-10-26-15)18(23)16(13)17(22)19-6-8-20(9-7-19)27(3,24)25/h11,15H,4-10,12H2,1-3H3. The van der Waals surface area contributed by atoms with E-state index in [1.54, 1.807) is 16.4 Å². The zero-order valence-electron chi connectivity index (χ0n) is 16.1. The Labute approximate surface area is 159 Å². The molecule has 8 nitrogen and oxygen atoms in total. The number of carbonyl (C=O) groups is 1. The Kier molecular flexibility index (Phi) is 5.73. The number of amides is 1. The van der Waals surface area contributed by atoms with E-state index in [1.165, 1.54) is 10.6 Å². The van der Waals surface area contributed by atoms with E-state index in [4.69, 9.17) is 4.74 Å². The van der Waals surface area contributed by atoms with Gasteiger partial charge in [-0.15, -0.1) is 0 Å². The molecule has 1 aromatic rings. The van der Waals surface area contributed by atoms with Gasteiger partial charge in [-0.3, -0.25) is 9.59 Å². The second kappa shape index (κ2) is 7.73. The highest BCUT2D eigenvalue weighted by Crippen LogP contribution is 2.17. The van der Waals surface area contributed by atoms with Crippen molar-refractivity contribution in [3.63, 3.8) is 0 Å². The maximum atomic E-state index is 13.1.